The zero-order chi connectivity index (χ0) is 27.4. The molecule has 2 aliphatic rings. The van der Waals surface area contributed by atoms with Gasteiger partial charge in [-0.3, -0.25) is 14.6 Å². The van der Waals surface area contributed by atoms with E-state index in [0.717, 1.165) is 36.3 Å². The number of hydrogen-bond donors (Lipinski definition) is 2. The Morgan fingerprint density at radius 2 is 1.89 bits per heavy atom. The molecule has 3 amide bonds. The molecular weight excluding hydrogens is 482 g/mol. The van der Waals surface area contributed by atoms with Gasteiger partial charge in [0.1, 0.15) is 5.60 Å². The Bertz CT molecular complexity index is 1170. The second-order valence-corrected chi connectivity index (χ2v) is 11.4. The summed E-state index contributed by atoms with van der Waals surface area (Å²) < 4.78 is 5.53. The molecule has 0 bridgehead atoms. The molecule has 2 fully saturated rings. The molecule has 0 unspecified atom stereocenters. The van der Waals surface area contributed by atoms with Gasteiger partial charge in [0.05, 0.1) is 11.3 Å². The van der Waals surface area contributed by atoms with Gasteiger partial charge in [0.25, 0.3) is 5.91 Å². The summed E-state index contributed by atoms with van der Waals surface area (Å²) in [5.74, 6) is -0.228. The molecule has 2 aromatic rings. The van der Waals surface area contributed by atoms with Crippen LogP contribution < -0.4 is 16.0 Å². The quantitative estimate of drug-likeness (QED) is 0.584. The highest BCUT2D eigenvalue weighted by Crippen LogP contribution is 2.27. The third-order valence-electron chi connectivity index (χ3n) is 7.08. The Labute approximate surface area is 224 Å². The lowest BCUT2D eigenvalue weighted by Crippen LogP contribution is -2.49. The van der Waals surface area contributed by atoms with Gasteiger partial charge in [0.15, 0.2) is 0 Å². The number of anilines is 2. The zero-order valence-corrected chi connectivity index (χ0v) is 22.8. The number of pyridine rings is 1. The highest BCUT2D eigenvalue weighted by Gasteiger charge is 2.32. The molecule has 2 saturated heterocycles. The monoisotopic (exact) mass is 521 g/mol. The van der Waals surface area contributed by atoms with Crippen molar-refractivity contribution in [3.8, 4) is 0 Å². The number of rotatable bonds is 6. The molecule has 9 nitrogen and oxygen atoms in total. The minimum Gasteiger partial charge on any atom is -0.444 e. The molecule has 1 aromatic heterocycles. The van der Waals surface area contributed by atoms with Crippen LogP contribution in [0.1, 0.15) is 75.0 Å². The predicted octanol–water partition coefficient (Wildman–Crippen LogP) is 4.35. The van der Waals surface area contributed by atoms with Crippen molar-refractivity contribution in [2.24, 2.45) is 11.7 Å². The number of hydrogen-bond acceptors (Lipinski definition) is 6. The van der Waals surface area contributed by atoms with E-state index < -0.39 is 11.5 Å². The van der Waals surface area contributed by atoms with Gasteiger partial charge in [-0.05, 0) is 69.7 Å². The number of nitrogens with two attached hydrogens (primary N) is 1. The van der Waals surface area contributed by atoms with E-state index in [2.05, 4.69) is 17.2 Å². The topological polar surface area (TPSA) is 118 Å². The van der Waals surface area contributed by atoms with Crippen LogP contribution in [0, 0.1) is 5.92 Å². The van der Waals surface area contributed by atoms with Crippen LogP contribution in [-0.2, 0) is 16.0 Å². The maximum atomic E-state index is 12.5. The number of primary amides is 1. The van der Waals surface area contributed by atoms with E-state index in [1.807, 2.05) is 56.0 Å². The zero-order valence-electron chi connectivity index (χ0n) is 22.8. The summed E-state index contributed by atoms with van der Waals surface area (Å²) >= 11 is 0. The Hall–Kier alpha value is -3.62. The first-order chi connectivity index (χ1) is 18.0. The number of piperidine rings is 2. The average Bonchev–Trinajstić information content (AvgIpc) is 2.85. The molecule has 0 aliphatic carbocycles. The Balaban J connectivity index is 1.44. The fraction of sp³-hybridized carbons (Fsp3) is 0.517. The van der Waals surface area contributed by atoms with Crippen LogP contribution in [0.15, 0.2) is 36.5 Å². The number of amides is 3. The van der Waals surface area contributed by atoms with Gasteiger partial charge in [-0.2, -0.15) is 0 Å². The largest absolute Gasteiger partial charge is 0.444 e. The third kappa shape index (κ3) is 6.82. The fourth-order valence-corrected chi connectivity index (χ4v) is 5.04. The first-order valence-electron chi connectivity index (χ1n) is 13.4. The van der Waals surface area contributed by atoms with Crippen LogP contribution in [0.4, 0.5) is 16.2 Å². The molecule has 1 aromatic carbocycles. The van der Waals surface area contributed by atoms with Crippen molar-refractivity contribution >= 4 is 29.3 Å². The maximum absolute atomic E-state index is 12.5. The summed E-state index contributed by atoms with van der Waals surface area (Å²) in [7, 11) is 0. The Morgan fingerprint density at radius 3 is 2.53 bits per heavy atom. The molecule has 2 aliphatic heterocycles. The second kappa shape index (κ2) is 11.4. The lowest BCUT2D eigenvalue weighted by atomic mass is 9.93. The number of likely N-dealkylation sites (tertiary alicyclic amines) is 1. The van der Waals surface area contributed by atoms with Crippen LogP contribution in [0.3, 0.4) is 0 Å². The number of ether oxygens (including phenoxy) is 1. The summed E-state index contributed by atoms with van der Waals surface area (Å²) in [4.78, 5) is 45.0. The molecule has 204 valence electrons. The van der Waals surface area contributed by atoms with E-state index in [9.17, 15) is 14.4 Å². The predicted molar refractivity (Wildman–Crippen MR) is 147 cm³/mol. The van der Waals surface area contributed by atoms with Crippen LogP contribution in [0.5, 0.6) is 0 Å². The summed E-state index contributed by atoms with van der Waals surface area (Å²) in [5.41, 5.74) is 8.90. The van der Waals surface area contributed by atoms with Crippen molar-refractivity contribution in [1.29, 1.82) is 0 Å². The lowest BCUT2D eigenvalue weighted by Gasteiger charge is -2.38. The third-order valence-corrected chi connectivity index (χ3v) is 7.08. The van der Waals surface area contributed by atoms with Gasteiger partial charge < -0.3 is 25.6 Å². The summed E-state index contributed by atoms with van der Waals surface area (Å²) in [5, 5.41) is 3.51. The number of nitrogens with zero attached hydrogens (tertiary/aromatic N) is 3. The Kier molecular flexibility index (Phi) is 8.23. The van der Waals surface area contributed by atoms with Gasteiger partial charge in [0, 0.05) is 56.1 Å². The summed E-state index contributed by atoms with van der Waals surface area (Å²) in [6, 6.07) is 9.94. The summed E-state index contributed by atoms with van der Waals surface area (Å²) in [6.07, 6.45) is 5.11. The van der Waals surface area contributed by atoms with Crippen molar-refractivity contribution in [1.82, 2.24) is 9.88 Å². The van der Waals surface area contributed by atoms with E-state index in [0.29, 0.717) is 43.6 Å². The van der Waals surface area contributed by atoms with Crippen molar-refractivity contribution in [3.63, 3.8) is 0 Å². The number of carbonyl (C=O) groups is 3. The van der Waals surface area contributed by atoms with Gasteiger partial charge in [0.2, 0.25) is 5.91 Å². The standard InChI is InChI=1S/C29H39N5O4/c1-19-18-33(28(37)38-29(2,3)4)14-12-24(19)32-25-16-21(31-17-23(25)27(30)36)15-20-8-10-22(11-9-20)34-13-6-5-7-26(34)35/h8-11,16-17,19,24H,5-7,12-15,18H2,1-4H3,(H2,30,36)(H,31,32)/t19-,24+/m0/s1. The van der Waals surface area contributed by atoms with Crippen molar-refractivity contribution in [2.45, 2.75) is 71.4 Å². The minimum absolute atomic E-state index is 0.0587. The van der Waals surface area contributed by atoms with Gasteiger partial charge in [-0.25, -0.2) is 4.79 Å². The molecule has 4 rings (SSSR count). The van der Waals surface area contributed by atoms with E-state index in [4.69, 9.17) is 10.5 Å². The van der Waals surface area contributed by atoms with Crippen LogP contribution in [0.25, 0.3) is 0 Å². The van der Waals surface area contributed by atoms with E-state index in [1.165, 1.54) is 6.20 Å². The number of benzene rings is 1. The van der Waals surface area contributed by atoms with Gasteiger partial charge >= 0.3 is 6.09 Å². The van der Waals surface area contributed by atoms with E-state index >= 15 is 0 Å². The number of carbonyl (C=O) groups excluding carboxylic acids is 3. The molecule has 9 heteroatoms. The first kappa shape index (κ1) is 27.4. The highest BCUT2D eigenvalue weighted by molar-refractivity contribution is 5.98. The van der Waals surface area contributed by atoms with Crippen LogP contribution in [0.2, 0.25) is 0 Å². The molecular formula is C29H39N5O4. The lowest BCUT2D eigenvalue weighted by molar-refractivity contribution is -0.119. The SMILES string of the molecule is C[C@H]1CN(C(=O)OC(C)(C)C)CC[C@H]1Nc1cc(Cc2ccc(N3CCCCC3=O)cc2)ncc1C(N)=O. The van der Waals surface area contributed by atoms with Gasteiger partial charge in [-0.15, -0.1) is 0 Å². The minimum atomic E-state index is -0.541. The molecule has 38 heavy (non-hydrogen) atoms. The number of nitrogens with one attached hydrogen (secondary N) is 1. The van der Waals surface area contributed by atoms with Crippen molar-refractivity contribution in [2.75, 3.05) is 29.9 Å². The van der Waals surface area contributed by atoms with Crippen molar-refractivity contribution in [3.05, 3.63) is 53.3 Å². The van der Waals surface area contributed by atoms with Crippen LogP contribution >= 0.6 is 0 Å². The summed E-state index contributed by atoms with van der Waals surface area (Å²) in [6.45, 7) is 9.54. The molecule has 0 saturated carbocycles. The molecule has 2 atom stereocenters. The molecule has 0 spiro atoms. The van der Waals surface area contributed by atoms with Crippen molar-refractivity contribution < 1.29 is 19.1 Å². The smallest absolute Gasteiger partial charge is 0.410 e. The molecule has 3 heterocycles. The fourth-order valence-electron chi connectivity index (χ4n) is 5.04. The normalized spacial score (nSPS) is 20.3. The number of aromatic nitrogens is 1. The van der Waals surface area contributed by atoms with Gasteiger partial charge in [-0.1, -0.05) is 19.1 Å². The molecule has 0 radical (unpaired) electrons. The van der Waals surface area contributed by atoms with E-state index in [1.54, 1.807) is 4.90 Å². The average molecular weight is 522 g/mol. The highest BCUT2D eigenvalue weighted by atomic mass is 16.6. The Morgan fingerprint density at radius 1 is 1.16 bits per heavy atom. The maximum Gasteiger partial charge on any atom is 0.410 e. The first-order valence-corrected chi connectivity index (χ1v) is 13.4. The van der Waals surface area contributed by atoms with Crippen LogP contribution in [-0.4, -0.2) is 59.1 Å². The second-order valence-electron chi connectivity index (χ2n) is 11.4. The molecule has 3 N–H and O–H groups in total. The van der Waals surface area contributed by atoms with E-state index in [-0.39, 0.29) is 24.0 Å².